The zero-order valence-electron chi connectivity index (χ0n) is 18.4. The summed E-state index contributed by atoms with van der Waals surface area (Å²) < 4.78 is 6.36. The van der Waals surface area contributed by atoms with Crippen molar-refractivity contribution in [1.29, 1.82) is 0 Å². The Balaban J connectivity index is 1.48. The summed E-state index contributed by atoms with van der Waals surface area (Å²) in [5.41, 5.74) is 4.11. The van der Waals surface area contributed by atoms with Gasteiger partial charge in [0.25, 0.3) is 0 Å². The third-order valence-electron chi connectivity index (χ3n) is 7.13. The maximum absolute atomic E-state index is 12.7. The van der Waals surface area contributed by atoms with E-state index in [-0.39, 0.29) is 12.5 Å². The van der Waals surface area contributed by atoms with Gasteiger partial charge in [-0.05, 0) is 28.7 Å². The number of quaternary nitrogens is 1. The molecule has 0 radical (unpaired) electrons. The van der Waals surface area contributed by atoms with Gasteiger partial charge in [-0.1, -0.05) is 55.5 Å². The second-order valence-electron chi connectivity index (χ2n) is 9.52. The topological polar surface area (TPSA) is 75.6 Å². The number of carboxylic acids is 1. The molecule has 0 unspecified atom stereocenters. The van der Waals surface area contributed by atoms with Gasteiger partial charge in [0, 0.05) is 12.3 Å². The quantitative estimate of drug-likeness (QED) is 0.692. The number of carboxylic acid groups (broad SMARTS) is 1. The van der Waals surface area contributed by atoms with Crippen molar-refractivity contribution in [2.24, 2.45) is 5.41 Å². The molecule has 1 aliphatic heterocycles. The number of rotatable bonds is 6. The van der Waals surface area contributed by atoms with Gasteiger partial charge in [0.1, 0.15) is 12.6 Å². The maximum Gasteiger partial charge on any atom is 0.407 e. The van der Waals surface area contributed by atoms with Crippen LogP contribution in [0.25, 0.3) is 11.1 Å². The van der Waals surface area contributed by atoms with E-state index in [0.717, 1.165) is 39.7 Å². The van der Waals surface area contributed by atoms with Crippen molar-refractivity contribution in [3.05, 3.63) is 59.7 Å². The SMILES string of the molecule is CC[C@]1([C@@H](NC(=O)OCC2c3ccccc3-c3ccccc32)C(=O)O)CC[N+](C)(C)C1. The Morgan fingerprint density at radius 2 is 1.71 bits per heavy atom. The van der Waals surface area contributed by atoms with Crippen molar-refractivity contribution in [3.8, 4) is 11.1 Å². The number of alkyl carbamates (subject to hydrolysis) is 1. The molecule has 1 heterocycles. The first-order valence-corrected chi connectivity index (χ1v) is 10.9. The molecule has 2 atom stereocenters. The van der Waals surface area contributed by atoms with Crippen molar-refractivity contribution in [2.75, 3.05) is 33.8 Å². The van der Waals surface area contributed by atoms with Gasteiger partial charge in [-0.25, -0.2) is 9.59 Å². The first kappa shape index (κ1) is 21.4. The molecule has 2 aliphatic rings. The summed E-state index contributed by atoms with van der Waals surface area (Å²) in [4.78, 5) is 24.8. The molecule has 1 fully saturated rings. The van der Waals surface area contributed by atoms with Crippen LogP contribution in [0.4, 0.5) is 4.79 Å². The molecule has 4 rings (SSSR count). The lowest BCUT2D eigenvalue weighted by Gasteiger charge is -2.34. The second kappa shape index (κ2) is 8.00. The Morgan fingerprint density at radius 1 is 1.13 bits per heavy atom. The van der Waals surface area contributed by atoms with Crippen molar-refractivity contribution in [1.82, 2.24) is 5.32 Å². The van der Waals surface area contributed by atoms with Crippen LogP contribution in [0, 0.1) is 5.41 Å². The normalized spacial score (nSPS) is 22.4. The summed E-state index contributed by atoms with van der Waals surface area (Å²) in [6.07, 6.45) is 0.783. The fourth-order valence-corrected chi connectivity index (χ4v) is 5.50. The van der Waals surface area contributed by atoms with Gasteiger partial charge in [-0.2, -0.15) is 0 Å². The van der Waals surface area contributed by atoms with Crippen LogP contribution in [0.2, 0.25) is 0 Å². The summed E-state index contributed by atoms with van der Waals surface area (Å²) in [7, 11) is 4.20. The summed E-state index contributed by atoms with van der Waals surface area (Å²) >= 11 is 0. The second-order valence-corrected chi connectivity index (χ2v) is 9.52. The van der Waals surface area contributed by atoms with Gasteiger partial charge >= 0.3 is 12.1 Å². The van der Waals surface area contributed by atoms with Gasteiger partial charge in [-0.3, -0.25) is 0 Å². The Morgan fingerprint density at radius 3 is 2.19 bits per heavy atom. The lowest BCUT2D eigenvalue weighted by molar-refractivity contribution is -0.881. The van der Waals surface area contributed by atoms with Gasteiger partial charge < -0.3 is 19.6 Å². The predicted octanol–water partition coefficient (Wildman–Crippen LogP) is 3.85. The zero-order valence-corrected chi connectivity index (χ0v) is 18.4. The maximum atomic E-state index is 12.7. The lowest BCUT2D eigenvalue weighted by atomic mass is 9.77. The van der Waals surface area contributed by atoms with E-state index in [1.54, 1.807) is 0 Å². The van der Waals surface area contributed by atoms with Crippen LogP contribution in [0.15, 0.2) is 48.5 Å². The van der Waals surface area contributed by atoms with Gasteiger partial charge in [0.15, 0.2) is 0 Å². The molecule has 2 aromatic carbocycles. The van der Waals surface area contributed by atoms with Crippen molar-refractivity contribution in [2.45, 2.75) is 31.7 Å². The molecule has 6 nitrogen and oxygen atoms in total. The molecular formula is C25H31N2O4+. The zero-order chi connectivity index (χ0) is 22.2. The van der Waals surface area contributed by atoms with E-state index in [1.165, 1.54) is 0 Å². The number of hydrogen-bond acceptors (Lipinski definition) is 3. The third-order valence-corrected chi connectivity index (χ3v) is 7.13. The first-order valence-electron chi connectivity index (χ1n) is 10.9. The van der Waals surface area contributed by atoms with E-state index < -0.39 is 23.5 Å². The molecule has 1 aliphatic carbocycles. The van der Waals surface area contributed by atoms with Crippen molar-refractivity contribution in [3.63, 3.8) is 0 Å². The first-order chi connectivity index (χ1) is 14.8. The van der Waals surface area contributed by atoms with Gasteiger partial charge in [-0.15, -0.1) is 0 Å². The minimum atomic E-state index is -1.00. The number of aliphatic carboxylic acids is 1. The Kier molecular flexibility index (Phi) is 5.52. The molecule has 0 saturated carbocycles. The standard InChI is InChI=1S/C25H30N2O4/c1-4-25(13-14-27(2,3)16-25)22(23(28)29)26-24(30)31-15-21-19-11-7-5-9-17(19)18-10-6-8-12-20(18)21/h5-12,21-22H,4,13-16H2,1-3H3,(H-,26,28,29,30)/p+1/t22-,25-/m0/s1. The van der Waals surface area contributed by atoms with Crippen LogP contribution in [-0.2, 0) is 9.53 Å². The minimum Gasteiger partial charge on any atom is -0.480 e. The molecule has 31 heavy (non-hydrogen) atoms. The highest BCUT2D eigenvalue weighted by molar-refractivity contribution is 5.81. The average Bonchev–Trinajstić information content (AvgIpc) is 3.25. The van der Waals surface area contributed by atoms with Crippen LogP contribution in [-0.4, -0.2) is 61.5 Å². The highest BCUT2D eigenvalue weighted by Crippen LogP contribution is 2.44. The smallest absolute Gasteiger partial charge is 0.407 e. The summed E-state index contributed by atoms with van der Waals surface area (Å²) in [6.45, 7) is 3.78. The third kappa shape index (κ3) is 3.92. The number of likely N-dealkylation sites (tertiary alicyclic amines) is 1. The van der Waals surface area contributed by atoms with Crippen LogP contribution < -0.4 is 5.32 Å². The molecule has 2 N–H and O–H groups in total. The molecule has 1 amide bonds. The number of nitrogens with zero attached hydrogens (tertiary/aromatic N) is 1. The fourth-order valence-electron chi connectivity index (χ4n) is 5.50. The highest BCUT2D eigenvalue weighted by Gasteiger charge is 2.52. The number of nitrogens with one attached hydrogen (secondary N) is 1. The molecule has 0 spiro atoms. The predicted molar refractivity (Wildman–Crippen MR) is 119 cm³/mol. The van der Waals surface area contributed by atoms with Crippen LogP contribution in [0.5, 0.6) is 0 Å². The van der Waals surface area contributed by atoms with Crippen LogP contribution in [0.1, 0.15) is 36.8 Å². The number of fused-ring (bicyclic) bond motifs is 3. The Labute approximate surface area is 183 Å². The van der Waals surface area contributed by atoms with Crippen molar-refractivity contribution >= 4 is 12.1 Å². The number of carbonyl (C=O) groups excluding carboxylic acids is 1. The number of ether oxygens (including phenoxy) is 1. The van der Waals surface area contributed by atoms with E-state index in [4.69, 9.17) is 4.74 Å². The number of benzene rings is 2. The van der Waals surface area contributed by atoms with E-state index in [0.29, 0.717) is 13.0 Å². The largest absolute Gasteiger partial charge is 0.480 e. The van der Waals surface area contributed by atoms with E-state index in [2.05, 4.69) is 43.7 Å². The average molecular weight is 424 g/mol. The van der Waals surface area contributed by atoms with Crippen molar-refractivity contribution < 1.29 is 23.9 Å². The summed E-state index contributed by atoms with van der Waals surface area (Å²) in [5, 5.41) is 12.6. The van der Waals surface area contributed by atoms with E-state index in [1.807, 2.05) is 31.2 Å². The molecule has 1 saturated heterocycles. The molecule has 0 aromatic heterocycles. The van der Waals surface area contributed by atoms with Crippen LogP contribution >= 0.6 is 0 Å². The molecule has 6 heteroatoms. The molecule has 2 aromatic rings. The summed E-state index contributed by atoms with van der Waals surface area (Å²) in [6, 6.07) is 15.3. The fraction of sp³-hybridized carbons (Fsp3) is 0.440. The van der Waals surface area contributed by atoms with Crippen LogP contribution in [0.3, 0.4) is 0 Å². The number of carbonyl (C=O) groups is 2. The lowest BCUT2D eigenvalue weighted by Crippen LogP contribution is -2.55. The molecule has 164 valence electrons. The molecular weight excluding hydrogens is 392 g/mol. The van der Waals surface area contributed by atoms with E-state index in [9.17, 15) is 14.7 Å². The Hall–Kier alpha value is -2.86. The van der Waals surface area contributed by atoms with Gasteiger partial charge in [0.05, 0.1) is 32.6 Å². The Bertz CT molecular complexity index is 957. The minimum absolute atomic E-state index is 0.0522. The molecule has 0 bridgehead atoms. The highest BCUT2D eigenvalue weighted by atomic mass is 16.5. The van der Waals surface area contributed by atoms with Gasteiger partial charge in [0.2, 0.25) is 0 Å². The monoisotopic (exact) mass is 423 g/mol. The number of hydrogen-bond donors (Lipinski definition) is 2. The summed E-state index contributed by atoms with van der Waals surface area (Å²) in [5.74, 6) is -1.05. The number of amides is 1. The van der Waals surface area contributed by atoms with E-state index >= 15 is 0 Å².